The number of fused-ring (bicyclic) bond motifs is 2. The highest BCUT2D eigenvalue weighted by molar-refractivity contribution is 6.52. The Kier molecular flexibility index (Phi) is 5.05. The normalized spacial score (nSPS) is 29.7. The quantitative estimate of drug-likeness (QED) is 0.359. The van der Waals surface area contributed by atoms with Crippen molar-refractivity contribution in [3.63, 3.8) is 0 Å². The molecule has 8 nitrogen and oxygen atoms in total. The van der Waals surface area contributed by atoms with E-state index in [0.29, 0.717) is 6.42 Å². The number of aliphatic hydroxyl groups is 3. The first-order chi connectivity index (χ1) is 13.8. The third-order valence-corrected chi connectivity index (χ3v) is 6.63. The Balaban J connectivity index is 2.28. The van der Waals surface area contributed by atoms with Gasteiger partial charge in [0.25, 0.3) is 0 Å². The fraction of sp³-hybridized carbons (Fsp3) is 0.545. The van der Waals surface area contributed by atoms with Crippen LogP contribution in [0, 0.1) is 16.7 Å². The molecule has 3 unspecified atom stereocenters. The van der Waals surface area contributed by atoms with E-state index in [0.717, 1.165) is 0 Å². The second kappa shape index (κ2) is 6.91. The van der Waals surface area contributed by atoms with Crippen LogP contribution in [-0.2, 0) is 23.9 Å². The number of carbonyl (C=O) groups is 4. The van der Waals surface area contributed by atoms with Crippen molar-refractivity contribution in [1.82, 2.24) is 0 Å². The molecule has 3 atom stereocenters. The third kappa shape index (κ3) is 2.77. The molecule has 0 radical (unpaired) electrons. The van der Waals surface area contributed by atoms with Gasteiger partial charge in [0.1, 0.15) is 11.9 Å². The highest BCUT2D eigenvalue weighted by Crippen LogP contribution is 2.60. The number of esters is 1. The molecule has 162 valence electrons. The molecule has 0 amide bonds. The molecule has 1 saturated carbocycles. The van der Waals surface area contributed by atoms with Crippen molar-refractivity contribution in [1.29, 1.82) is 0 Å². The first kappa shape index (κ1) is 22.0. The molecule has 0 aromatic carbocycles. The van der Waals surface area contributed by atoms with Crippen molar-refractivity contribution in [3.05, 3.63) is 33.8 Å². The van der Waals surface area contributed by atoms with E-state index >= 15 is 0 Å². The lowest BCUT2D eigenvalue weighted by atomic mass is 9.52. The zero-order chi connectivity index (χ0) is 22.8. The monoisotopic (exact) mass is 418 g/mol. The molecule has 8 heteroatoms. The largest absolute Gasteiger partial charge is 0.507 e. The summed E-state index contributed by atoms with van der Waals surface area (Å²) in [7, 11) is 0. The summed E-state index contributed by atoms with van der Waals surface area (Å²) in [5, 5.41) is 31.1. The van der Waals surface area contributed by atoms with E-state index in [4.69, 9.17) is 4.74 Å². The summed E-state index contributed by atoms with van der Waals surface area (Å²) in [5.41, 5.74) is -2.86. The van der Waals surface area contributed by atoms with Gasteiger partial charge in [0, 0.05) is 35.9 Å². The number of ketones is 3. The van der Waals surface area contributed by atoms with Gasteiger partial charge in [0.2, 0.25) is 17.3 Å². The van der Waals surface area contributed by atoms with Crippen LogP contribution in [0.2, 0.25) is 0 Å². The molecule has 0 aliphatic heterocycles. The minimum absolute atomic E-state index is 0.147. The minimum atomic E-state index is -1.21. The van der Waals surface area contributed by atoms with Gasteiger partial charge in [-0.1, -0.05) is 27.7 Å². The number of hydrogen-bond donors (Lipinski definition) is 3. The van der Waals surface area contributed by atoms with Crippen molar-refractivity contribution in [2.75, 3.05) is 6.61 Å². The smallest absolute Gasteiger partial charge is 0.302 e. The maximum absolute atomic E-state index is 13.1. The van der Waals surface area contributed by atoms with Gasteiger partial charge in [0.15, 0.2) is 5.76 Å². The van der Waals surface area contributed by atoms with Crippen molar-refractivity contribution >= 4 is 23.3 Å². The lowest BCUT2D eigenvalue weighted by Crippen LogP contribution is -2.52. The van der Waals surface area contributed by atoms with Gasteiger partial charge < -0.3 is 20.1 Å². The van der Waals surface area contributed by atoms with E-state index in [1.165, 1.54) is 13.8 Å². The summed E-state index contributed by atoms with van der Waals surface area (Å²) >= 11 is 0. The molecule has 0 heterocycles. The van der Waals surface area contributed by atoms with E-state index in [9.17, 15) is 34.5 Å². The first-order valence-corrected chi connectivity index (χ1v) is 9.84. The van der Waals surface area contributed by atoms with Gasteiger partial charge in [-0.15, -0.1) is 0 Å². The van der Waals surface area contributed by atoms with Crippen LogP contribution in [0.1, 0.15) is 47.5 Å². The highest BCUT2D eigenvalue weighted by atomic mass is 16.5. The van der Waals surface area contributed by atoms with Gasteiger partial charge in [-0.2, -0.15) is 0 Å². The number of hydrogen-bond acceptors (Lipinski definition) is 8. The van der Waals surface area contributed by atoms with E-state index < -0.39 is 64.3 Å². The maximum atomic E-state index is 13.1. The van der Waals surface area contributed by atoms with E-state index in [-0.39, 0.29) is 28.7 Å². The Morgan fingerprint density at radius 1 is 1.10 bits per heavy atom. The topological polar surface area (TPSA) is 138 Å². The SMILES string of the molecule is CC(=O)OC1CCC2(C)C3=C(C(=O)C(O)=C2C1(C)C)C(O)=C(C(C)CO)C(=O)C3=O. The first-order valence-electron chi connectivity index (χ1n) is 9.84. The number of ether oxygens (including phenoxy) is 1. The zero-order valence-corrected chi connectivity index (χ0v) is 17.7. The Morgan fingerprint density at radius 3 is 2.23 bits per heavy atom. The summed E-state index contributed by atoms with van der Waals surface area (Å²) in [4.78, 5) is 50.6. The molecule has 3 N–H and O–H groups in total. The van der Waals surface area contributed by atoms with Crippen molar-refractivity contribution in [2.45, 2.75) is 53.6 Å². The fourth-order valence-corrected chi connectivity index (χ4v) is 5.24. The molecule has 0 saturated heterocycles. The van der Waals surface area contributed by atoms with Crippen molar-refractivity contribution < 1.29 is 39.2 Å². The average molecular weight is 418 g/mol. The second-order valence-corrected chi connectivity index (χ2v) is 9.00. The lowest BCUT2D eigenvalue weighted by Gasteiger charge is -2.52. The summed E-state index contributed by atoms with van der Waals surface area (Å²) < 4.78 is 5.40. The Labute approximate surface area is 173 Å². The number of aliphatic hydroxyl groups excluding tert-OH is 3. The van der Waals surface area contributed by atoms with Crippen LogP contribution in [0.3, 0.4) is 0 Å². The summed E-state index contributed by atoms with van der Waals surface area (Å²) in [6, 6.07) is 0. The highest BCUT2D eigenvalue weighted by Gasteiger charge is 2.59. The molecular weight excluding hydrogens is 392 g/mol. The molecule has 0 aromatic rings. The predicted molar refractivity (Wildman–Crippen MR) is 104 cm³/mol. The molecule has 1 fully saturated rings. The number of rotatable bonds is 3. The molecule has 0 bridgehead atoms. The second-order valence-electron chi connectivity index (χ2n) is 9.00. The molecule has 3 aliphatic rings. The van der Waals surface area contributed by atoms with Crippen LogP contribution in [0.5, 0.6) is 0 Å². The number of Topliss-reactive ketones (excluding diaryl/α,β-unsaturated/α-hetero) is 3. The molecule has 0 aromatic heterocycles. The fourth-order valence-electron chi connectivity index (χ4n) is 5.24. The van der Waals surface area contributed by atoms with Gasteiger partial charge >= 0.3 is 5.97 Å². The zero-order valence-electron chi connectivity index (χ0n) is 17.7. The van der Waals surface area contributed by atoms with E-state index in [2.05, 4.69) is 0 Å². The van der Waals surface area contributed by atoms with Crippen LogP contribution in [0.25, 0.3) is 0 Å². The Hall–Kier alpha value is -2.74. The van der Waals surface area contributed by atoms with Gasteiger partial charge in [-0.3, -0.25) is 19.2 Å². The molecule has 3 rings (SSSR count). The van der Waals surface area contributed by atoms with E-state index in [1.807, 2.05) is 0 Å². The lowest BCUT2D eigenvalue weighted by molar-refractivity contribution is -0.154. The van der Waals surface area contributed by atoms with Crippen LogP contribution in [-0.4, -0.2) is 51.3 Å². The van der Waals surface area contributed by atoms with Crippen LogP contribution in [0.4, 0.5) is 0 Å². The number of allylic oxidation sites excluding steroid dienone is 3. The van der Waals surface area contributed by atoms with Gasteiger partial charge in [0.05, 0.1) is 11.1 Å². The summed E-state index contributed by atoms with van der Waals surface area (Å²) in [6.45, 7) is 7.26. The molecule has 0 spiro atoms. The molecular formula is C22H26O8. The molecule has 30 heavy (non-hydrogen) atoms. The maximum Gasteiger partial charge on any atom is 0.302 e. The van der Waals surface area contributed by atoms with Crippen LogP contribution in [0.15, 0.2) is 33.8 Å². The predicted octanol–water partition coefficient (Wildman–Crippen LogP) is 2.03. The molecule has 3 aliphatic carbocycles. The minimum Gasteiger partial charge on any atom is -0.507 e. The van der Waals surface area contributed by atoms with Gasteiger partial charge in [-0.25, -0.2) is 0 Å². The van der Waals surface area contributed by atoms with Crippen LogP contribution >= 0.6 is 0 Å². The standard InChI is InChI=1S/C22H26O8/c1-9(8-23)12-15(25)13-14(18(28)16(12)26)22(5)7-6-11(30-10(2)24)21(3,4)20(22)19(29)17(13)27/h9,11,23,25,29H,6-8H2,1-5H3. The summed E-state index contributed by atoms with van der Waals surface area (Å²) in [6.07, 6.45) is -0.0908. The van der Waals surface area contributed by atoms with E-state index in [1.54, 1.807) is 20.8 Å². The third-order valence-electron chi connectivity index (χ3n) is 6.63. The van der Waals surface area contributed by atoms with Crippen molar-refractivity contribution in [3.8, 4) is 0 Å². The summed E-state index contributed by atoms with van der Waals surface area (Å²) in [5.74, 6) is -5.53. The van der Waals surface area contributed by atoms with Gasteiger partial charge in [-0.05, 0) is 18.4 Å². The Bertz CT molecular complexity index is 977. The van der Waals surface area contributed by atoms with Crippen molar-refractivity contribution in [2.24, 2.45) is 16.7 Å². The van der Waals surface area contributed by atoms with Crippen LogP contribution < -0.4 is 0 Å². The average Bonchev–Trinajstić information content (AvgIpc) is 2.64. The Morgan fingerprint density at radius 2 is 1.70 bits per heavy atom. The number of carbonyl (C=O) groups excluding carboxylic acids is 4.